The van der Waals surface area contributed by atoms with Crippen molar-refractivity contribution in [3.8, 4) is 5.75 Å². The minimum atomic E-state index is -1.68. The zero-order valence-corrected chi connectivity index (χ0v) is 17.3. The summed E-state index contributed by atoms with van der Waals surface area (Å²) in [5.74, 6) is -5.98. The van der Waals surface area contributed by atoms with Crippen molar-refractivity contribution >= 4 is 29.7 Å². The maximum Gasteiger partial charge on any atom is 0.328 e. The van der Waals surface area contributed by atoms with Crippen molar-refractivity contribution in [2.45, 2.75) is 37.0 Å². The number of carbonyl (C=O) groups is 5. The van der Waals surface area contributed by atoms with Gasteiger partial charge in [0.2, 0.25) is 17.7 Å². The highest BCUT2D eigenvalue weighted by Crippen LogP contribution is 2.12. The molecule has 0 aliphatic carbocycles. The van der Waals surface area contributed by atoms with Gasteiger partial charge in [-0.3, -0.25) is 19.2 Å². The number of nitrogens with one attached hydrogen (secondary N) is 3. The van der Waals surface area contributed by atoms with E-state index in [1.165, 1.54) is 24.3 Å². The Hall–Kier alpha value is -3.75. The fraction of sp³-hybridized carbons (Fsp3) is 0.421. The van der Waals surface area contributed by atoms with Crippen LogP contribution in [0.1, 0.15) is 12.0 Å². The van der Waals surface area contributed by atoms with E-state index in [0.717, 1.165) is 0 Å². The molecule has 0 spiro atoms. The molecule has 4 atom stereocenters. The van der Waals surface area contributed by atoms with E-state index in [9.17, 15) is 34.2 Å². The molecule has 1 aromatic rings. The number of carboxylic acids is 2. The van der Waals surface area contributed by atoms with Crippen LogP contribution in [-0.2, 0) is 30.4 Å². The standard InChI is InChI=1S/C19H26N4O10/c20-11(6-15(27)28)16(29)21-12(5-9-1-3-10(26)4-2-9)17(30)22-13(7-24)18(31)23-14(8-25)19(32)33/h1-4,11-14,24-26H,5-8,20H2,(H,21,29)(H,22,30)(H,23,31)(H,27,28)(H,32,33). The molecule has 0 aliphatic rings. The normalized spacial score (nSPS) is 14.3. The van der Waals surface area contributed by atoms with Crippen LogP contribution in [0.4, 0.5) is 0 Å². The minimum absolute atomic E-state index is 0.0545. The molecule has 0 saturated carbocycles. The van der Waals surface area contributed by atoms with Gasteiger partial charge in [0.1, 0.15) is 23.9 Å². The van der Waals surface area contributed by atoms with Crippen LogP contribution in [0, 0.1) is 0 Å². The molecule has 33 heavy (non-hydrogen) atoms. The molecular weight excluding hydrogens is 444 g/mol. The van der Waals surface area contributed by atoms with Gasteiger partial charge in [-0.25, -0.2) is 4.79 Å². The molecule has 14 nitrogen and oxygen atoms in total. The van der Waals surface area contributed by atoms with Crippen LogP contribution in [-0.4, -0.2) is 92.6 Å². The Bertz CT molecular complexity index is 861. The highest BCUT2D eigenvalue weighted by atomic mass is 16.4. The van der Waals surface area contributed by atoms with E-state index in [0.29, 0.717) is 5.56 Å². The van der Waals surface area contributed by atoms with Crippen LogP contribution < -0.4 is 21.7 Å². The number of phenols is 1. The average molecular weight is 470 g/mol. The van der Waals surface area contributed by atoms with Crippen molar-refractivity contribution < 1.29 is 49.5 Å². The number of carbonyl (C=O) groups excluding carboxylic acids is 3. The summed E-state index contributed by atoms with van der Waals surface area (Å²) in [6, 6.07) is -0.600. The van der Waals surface area contributed by atoms with Crippen LogP contribution in [0.3, 0.4) is 0 Å². The molecule has 0 bridgehead atoms. The number of amides is 3. The van der Waals surface area contributed by atoms with Crippen molar-refractivity contribution in [2.24, 2.45) is 5.73 Å². The minimum Gasteiger partial charge on any atom is -0.508 e. The summed E-state index contributed by atoms with van der Waals surface area (Å²) in [5, 5.41) is 51.9. The molecule has 0 heterocycles. The van der Waals surface area contributed by atoms with E-state index in [-0.39, 0.29) is 12.2 Å². The molecule has 3 amide bonds. The van der Waals surface area contributed by atoms with Crippen molar-refractivity contribution in [2.75, 3.05) is 13.2 Å². The molecular formula is C19H26N4O10. The molecule has 182 valence electrons. The van der Waals surface area contributed by atoms with Crippen LogP contribution in [0.15, 0.2) is 24.3 Å². The molecule has 0 saturated heterocycles. The largest absolute Gasteiger partial charge is 0.508 e. The Morgan fingerprint density at radius 1 is 0.788 bits per heavy atom. The third-order valence-electron chi connectivity index (χ3n) is 4.35. The predicted molar refractivity (Wildman–Crippen MR) is 110 cm³/mol. The molecule has 1 aromatic carbocycles. The number of aliphatic carboxylic acids is 2. The highest BCUT2D eigenvalue weighted by Gasteiger charge is 2.30. The zero-order chi connectivity index (χ0) is 25.1. The maximum atomic E-state index is 12.8. The van der Waals surface area contributed by atoms with E-state index in [1.54, 1.807) is 0 Å². The second kappa shape index (κ2) is 12.9. The summed E-state index contributed by atoms with van der Waals surface area (Å²) >= 11 is 0. The number of phenolic OH excluding ortho intramolecular Hbond substituents is 1. The van der Waals surface area contributed by atoms with Crippen molar-refractivity contribution in [3.05, 3.63) is 29.8 Å². The number of carboxylic acid groups (broad SMARTS) is 2. The van der Waals surface area contributed by atoms with Crippen LogP contribution in [0.2, 0.25) is 0 Å². The van der Waals surface area contributed by atoms with Crippen molar-refractivity contribution in [1.82, 2.24) is 16.0 Å². The summed E-state index contributed by atoms with van der Waals surface area (Å²) in [5.41, 5.74) is 5.98. The summed E-state index contributed by atoms with van der Waals surface area (Å²) in [6.45, 7) is -1.87. The first-order chi connectivity index (χ1) is 15.5. The van der Waals surface area contributed by atoms with Crippen LogP contribution in [0.5, 0.6) is 5.75 Å². The van der Waals surface area contributed by atoms with Crippen LogP contribution >= 0.6 is 0 Å². The van der Waals surface area contributed by atoms with Crippen molar-refractivity contribution in [1.29, 1.82) is 0 Å². The number of aliphatic hydroxyl groups excluding tert-OH is 2. The van der Waals surface area contributed by atoms with Gasteiger partial charge in [-0.1, -0.05) is 12.1 Å². The number of hydrogen-bond acceptors (Lipinski definition) is 9. The number of hydrogen-bond donors (Lipinski definition) is 9. The van der Waals surface area contributed by atoms with E-state index >= 15 is 0 Å². The number of aromatic hydroxyl groups is 1. The lowest BCUT2D eigenvalue weighted by Crippen LogP contribution is -2.59. The molecule has 14 heteroatoms. The van der Waals surface area contributed by atoms with Gasteiger partial charge in [0.05, 0.1) is 25.7 Å². The molecule has 10 N–H and O–H groups in total. The summed E-state index contributed by atoms with van der Waals surface area (Å²) in [6.07, 6.45) is -0.870. The van der Waals surface area contributed by atoms with Crippen molar-refractivity contribution in [3.63, 3.8) is 0 Å². The topological polar surface area (TPSA) is 249 Å². The summed E-state index contributed by atoms with van der Waals surface area (Å²) in [4.78, 5) is 58.9. The van der Waals surface area contributed by atoms with E-state index in [4.69, 9.17) is 21.1 Å². The van der Waals surface area contributed by atoms with Gasteiger partial charge < -0.3 is 47.2 Å². The lowest BCUT2D eigenvalue weighted by atomic mass is 10.0. The Labute approximate surface area is 187 Å². The quantitative estimate of drug-likeness (QED) is 0.135. The Kier molecular flexibility index (Phi) is 10.7. The molecule has 0 fully saturated rings. The fourth-order valence-corrected chi connectivity index (χ4v) is 2.56. The van der Waals surface area contributed by atoms with E-state index in [2.05, 4.69) is 10.6 Å². The second-order valence-electron chi connectivity index (χ2n) is 6.96. The predicted octanol–water partition coefficient (Wildman–Crippen LogP) is -3.74. The zero-order valence-electron chi connectivity index (χ0n) is 17.3. The molecule has 0 aliphatic heterocycles. The number of nitrogens with two attached hydrogens (primary N) is 1. The van der Waals surface area contributed by atoms with Gasteiger partial charge in [0.15, 0.2) is 0 Å². The maximum absolute atomic E-state index is 12.8. The van der Waals surface area contributed by atoms with Gasteiger partial charge in [0.25, 0.3) is 0 Å². The second-order valence-corrected chi connectivity index (χ2v) is 6.96. The molecule has 4 unspecified atom stereocenters. The van der Waals surface area contributed by atoms with Gasteiger partial charge in [-0.2, -0.15) is 0 Å². The number of aliphatic hydroxyl groups is 2. The highest BCUT2D eigenvalue weighted by molar-refractivity contribution is 5.94. The lowest BCUT2D eigenvalue weighted by Gasteiger charge is -2.24. The summed E-state index contributed by atoms with van der Waals surface area (Å²) in [7, 11) is 0. The lowest BCUT2D eigenvalue weighted by molar-refractivity contribution is -0.143. The monoisotopic (exact) mass is 470 g/mol. The average Bonchev–Trinajstić information content (AvgIpc) is 2.75. The van der Waals surface area contributed by atoms with Gasteiger partial charge in [-0.05, 0) is 17.7 Å². The molecule has 0 aromatic heterocycles. The van der Waals surface area contributed by atoms with E-state index in [1.807, 2.05) is 5.32 Å². The first kappa shape index (κ1) is 27.3. The van der Waals surface area contributed by atoms with Gasteiger partial charge >= 0.3 is 11.9 Å². The third-order valence-corrected chi connectivity index (χ3v) is 4.35. The van der Waals surface area contributed by atoms with Crippen LogP contribution in [0.25, 0.3) is 0 Å². The first-order valence-electron chi connectivity index (χ1n) is 9.59. The Morgan fingerprint density at radius 2 is 1.27 bits per heavy atom. The third kappa shape index (κ3) is 9.10. The number of rotatable bonds is 13. The first-order valence-corrected chi connectivity index (χ1v) is 9.59. The SMILES string of the molecule is NC(CC(=O)O)C(=O)NC(Cc1ccc(O)cc1)C(=O)NC(CO)C(=O)NC(CO)C(=O)O. The smallest absolute Gasteiger partial charge is 0.328 e. The summed E-state index contributed by atoms with van der Waals surface area (Å²) < 4.78 is 0. The molecule has 1 rings (SSSR count). The van der Waals surface area contributed by atoms with E-state index < -0.39 is 73.5 Å². The molecule has 0 radical (unpaired) electrons. The Morgan fingerprint density at radius 3 is 1.76 bits per heavy atom. The van der Waals surface area contributed by atoms with Gasteiger partial charge in [-0.15, -0.1) is 0 Å². The Balaban J connectivity index is 3.01. The van der Waals surface area contributed by atoms with Gasteiger partial charge in [0, 0.05) is 6.42 Å². The number of benzene rings is 1. The fourth-order valence-electron chi connectivity index (χ4n) is 2.56.